The van der Waals surface area contributed by atoms with Gasteiger partial charge in [-0.05, 0) is 70.5 Å². The summed E-state index contributed by atoms with van der Waals surface area (Å²) < 4.78 is 0. The van der Waals surface area contributed by atoms with E-state index in [9.17, 15) is 10.2 Å². The number of hydrogen-bond acceptors (Lipinski definition) is 2. The first-order valence-electron chi connectivity index (χ1n) is 11.1. The minimum Gasteiger partial charge on any atom is -0.507 e. The van der Waals surface area contributed by atoms with Gasteiger partial charge in [-0.2, -0.15) is 0 Å². The monoisotopic (exact) mass is 398 g/mol. The molecule has 2 heteroatoms. The average Bonchev–Trinajstić information content (AvgIpc) is 2.76. The molecule has 0 aliphatic heterocycles. The van der Waals surface area contributed by atoms with Gasteiger partial charge in [0.1, 0.15) is 11.5 Å². The number of aryl methyl sites for hydroxylation is 2. The van der Waals surface area contributed by atoms with Crippen LogP contribution in [0.15, 0.2) is 60.7 Å². The Morgan fingerprint density at radius 1 is 0.567 bits per heavy atom. The zero-order valence-corrected chi connectivity index (χ0v) is 17.9. The molecule has 4 rings (SSSR count). The van der Waals surface area contributed by atoms with Gasteiger partial charge in [-0.3, -0.25) is 0 Å². The molecule has 4 aromatic carbocycles. The Labute approximate surface area is 178 Å². The summed E-state index contributed by atoms with van der Waals surface area (Å²) in [5.74, 6) is 0.411. The maximum atomic E-state index is 10.9. The van der Waals surface area contributed by atoms with Crippen LogP contribution in [0.2, 0.25) is 0 Å². The molecule has 0 radical (unpaired) electrons. The second-order valence-electron chi connectivity index (χ2n) is 8.24. The van der Waals surface area contributed by atoms with Crippen molar-refractivity contribution in [2.24, 2.45) is 0 Å². The van der Waals surface area contributed by atoms with E-state index in [2.05, 4.69) is 50.2 Å². The SMILES string of the molecule is CCCCc1ccc2ccc(O)c(-c3c(O)ccc4ccc(CCCC)cc34)c2c1. The van der Waals surface area contributed by atoms with Crippen molar-refractivity contribution in [2.75, 3.05) is 0 Å². The molecule has 0 fully saturated rings. The third-order valence-corrected chi connectivity index (χ3v) is 6.02. The van der Waals surface area contributed by atoms with E-state index in [4.69, 9.17) is 0 Å². The maximum absolute atomic E-state index is 10.9. The van der Waals surface area contributed by atoms with Crippen LogP contribution in [0.25, 0.3) is 32.7 Å². The summed E-state index contributed by atoms with van der Waals surface area (Å²) in [6.07, 6.45) is 6.61. The number of unbranched alkanes of at least 4 members (excludes halogenated alkanes) is 2. The minimum absolute atomic E-state index is 0.205. The predicted octanol–water partition coefficient (Wildman–Crippen LogP) is 7.76. The van der Waals surface area contributed by atoms with E-state index in [1.54, 1.807) is 12.1 Å². The smallest absolute Gasteiger partial charge is 0.124 e. The molecule has 4 aromatic rings. The molecule has 154 valence electrons. The largest absolute Gasteiger partial charge is 0.507 e. The van der Waals surface area contributed by atoms with Crippen molar-refractivity contribution in [1.29, 1.82) is 0 Å². The van der Waals surface area contributed by atoms with Gasteiger partial charge in [-0.1, -0.05) is 75.2 Å². The first-order valence-corrected chi connectivity index (χ1v) is 11.1. The van der Waals surface area contributed by atoms with Crippen LogP contribution >= 0.6 is 0 Å². The normalized spacial score (nSPS) is 11.4. The molecule has 0 saturated carbocycles. The van der Waals surface area contributed by atoms with E-state index in [-0.39, 0.29) is 11.5 Å². The van der Waals surface area contributed by atoms with E-state index in [0.29, 0.717) is 0 Å². The van der Waals surface area contributed by atoms with E-state index >= 15 is 0 Å². The van der Waals surface area contributed by atoms with Crippen molar-refractivity contribution in [2.45, 2.75) is 52.4 Å². The van der Waals surface area contributed by atoms with Crippen LogP contribution < -0.4 is 0 Å². The second kappa shape index (κ2) is 8.79. The topological polar surface area (TPSA) is 40.5 Å². The summed E-state index contributed by atoms with van der Waals surface area (Å²) >= 11 is 0. The highest BCUT2D eigenvalue weighted by Gasteiger charge is 2.17. The number of aromatic hydroxyl groups is 2. The lowest BCUT2D eigenvalue weighted by atomic mass is 9.90. The summed E-state index contributed by atoms with van der Waals surface area (Å²) in [5.41, 5.74) is 3.97. The highest BCUT2D eigenvalue weighted by Crippen LogP contribution is 2.45. The van der Waals surface area contributed by atoms with Crippen LogP contribution in [0, 0.1) is 0 Å². The molecule has 0 aliphatic rings. The molecule has 2 N–H and O–H groups in total. The third-order valence-electron chi connectivity index (χ3n) is 6.02. The van der Waals surface area contributed by atoms with E-state index < -0.39 is 0 Å². The van der Waals surface area contributed by atoms with Gasteiger partial charge in [-0.15, -0.1) is 0 Å². The van der Waals surface area contributed by atoms with Crippen molar-refractivity contribution in [3.05, 3.63) is 71.8 Å². The molecule has 0 unspecified atom stereocenters. The van der Waals surface area contributed by atoms with Crippen LogP contribution in [-0.4, -0.2) is 10.2 Å². The van der Waals surface area contributed by atoms with Gasteiger partial charge in [0, 0.05) is 11.1 Å². The number of fused-ring (bicyclic) bond motifs is 2. The Hall–Kier alpha value is -3.00. The predicted molar refractivity (Wildman–Crippen MR) is 127 cm³/mol. The number of hydrogen-bond donors (Lipinski definition) is 2. The van der Waals surface area contributed by atoms with Crippen molar-refractivity contribution in [3.8, 4) is 22.6 Å². The van der Waals surface area contributed by atoms with Crippen LogP contribution in [0.1, 0.15) is 50.7 Å². The van der Waals surface area contributed by atoms with E-state index in [1.165, 1.54) is 11.1 Å². The van der Waals surface area contributed by atoms with E-state index in [1.807, 2.05) is 12.1 Å². The highest BCUT2D eigenvalue weighted by molar-refractivity contribution is 6.09. The molecule has 0 amide bonds. The molecule has 0 aliphatic carbocycles. The molecule has 0 saturated heterocycles. The van der Waals surface area contributed by atoms with Crippen LogP contribution in [0.4, 0.5) is 0 Å². The lowest BCUT2D eigenvalue weighted by Gasteiger charge is -2.16. The Morgan fingerprint density at radius 2 is 0.967 bits per heavy atom. The lowest BCUT2D eigenvalue weighted by Crippen LogP contribution is -1.91. The van der Waals surface area contributed by atoms with Gasteiger partial charge in [0.15, 0.2) is 0 Å². The zero-order chi connectivity index (χ0) is 21.1. The lowest BCUT2D eigenvalue weighted by molar-refractivity contribution is 0.470. The van der Waals surface area contributed by atoms with E-state index in [0.717, 1.165) is 71.2 Å². The number of benzene rings is 4. The van der Waals surface area contributed by atoms with Crippen LogP contribution in [-0.2, 0) is 12.8 Å². The molecule has 0 heterocycles. The van der Waals surface area contributed by atoms with Crippen molar-refractivity contribution >= 4 is 21.5 Å². The molecule has 0 spiro atoms. The summed E-state index contributed by atoms with van der Waals surface area (Å²) in [5, 5.41) is 25.9. The van der Waals surface area contributed by atoms with Gasteiger partial charge in [0.25, 0.3) is 0 Å². The van der Waals surface area contributed by atoms with Gasteiger partial charge in [0.05, 0.1) is 0 Å². The van der Waals surface area contributed by atoms with Crippen molar-refractivity contribution in [3.63, 3.8) is 0 Å². The zero-order valence-electron chi connectivity index (χ0n) is 17.9. The third kappa shape index (κ3) is 3.87. The average molecular weight is 399 g/mol. The highest BCUT2D eigenvalue weighted by atomic mass is 16.3. The molecular formula is C28H30O2. The summed E-state index contributed by atoms with van der Waals surface area (Å²) in [6.45, 7) is 4.39. The minimum atomic E-state index is 0.205. The standard InChI is InChI=1S/C28H30O2/c1-3-5-7-19-9-11-21-13-15-25(29)27(23(21)17-19)28-24-18-20(8-6-4-2)10-12-22(24)14-16-26(28)30/h9-18,29-30H,3-8H2,1-2H3. The second-order valence-corrected chi connectivity index (χ2v) is 8.24. The quantitative estimate of drug-likeness (QED) is 0.334. The molecular weight excluding hydrogens is 368 g/mol. The van der Waals surface area contributed by atoms with Gasteiger partial charge < -0.3 is 10.2 Å². The molecule has 0 aromatic heterocycles. The van der Waals surface area contributed by atoms with Crippen molar-refractivity contribution in [1.82, 2.24) is 0 Å². The first kappa shape index (κ1) is 20.3. The fraction of sp³-hybridized carbons (Fsp3) is 0.286. The Balaban J connectivity index is 1.98. The Bertz CT molecular complexity index is 1100. The van der Waals surface area contributed by atoms with Crippen LogP contribution in [0.5, 0.6) is 11.5 Å². The molecule has 0 atom stereocenters. The maximum Gasteiger partial charge on any atom is 0.124 e. The number of phenols is 2. The van der Waals surface area contributed by atoms with Gasteiger partial charge in [0.2, 0.25) is 0 Å². The van der Waals surface area contributed by atoms with Gasteiger partial charge >= 0.3 is 0 Å². The van der Waals surface area contributed by atoms with Crippen molar-refractivity contribution < 1.29 is 10.2 Å². The first-order chi connectivity index (χ1) is 14.6. The Kier molecular flexibility index (Phi) is 5.94. The fourth-order valence-electron chi connectivity index (χ4n) is 4.31. The summed E-state index contributed by atoms with van der Waals surface area (Å²) in [7, 11) is 0. The molecule has 30 heavy (non-hydrogen) atoms. The number of rotatable bonds is 7. The molecule has 2 nitrogen and oxygen atoms in total. The summed E-state index contributed by atoms with van der Waals surface area (Å²) in [6, 6.07) is 20.3. The Morgan fingerprint density at radius 3 is 1.37 bits per heavy atom. The van der Waals surface area contributed by atoms with Crippen LogP contribution in [0.3, 0.4) is 0 Å². The summed E-state index contributed by atoms with van der Waals surface area (Å²) in [4.78, 5) is 0. The fourth-order valence-corrected chi connectivity index (χ4v) is 4.31. The number of phenolic OH excluding ortho intramolecular Hbond substituents is 2. The molecule has 0 bridgehead atoms. The van der Waals surface area contributed by atoms with Gasteiger partial charge in [-0.25, -0.2) is 0 Å².